The molecule has 4 rings (SSSR count). The molecule has 0 bridgehead atoms. The van der Waals surface area contributed by atoms with Gasteiger partial charge in [0.15, 0.2) is 15.5 Å². The number of aromatic nitrogens is 2. The molecule has 1 amide bonds. The highest BCUT2D eigenvalue weighted by molar-refractivity contribution is 7.90. The van der Waals surface area contributed by atoms with E-state index in [0.29, 0.717) is 28.2 Å². The van der Waals surface area contributed by atoms with Gasteiger partial charge in [0, 0.05) is 17.5 Å². The number of phenolic OH excluding ortho intramolecular Hbond substituents is 1. The zero-order chi connectivity index (χ0) is 24.6. The lowest BCUT2D eigenvalue weighted by molar-refractivity contribution is 0.102. The van der Waals surface area contributed by atoms with E-state index in [1.54, 1.807) is 48.9 Å². The topological polar surface area (TPSA) is 101 Å². The lowest BCUT2D eigenvalue weighted by Gasteiger charge is -2.09. The quantitative estimate of drug-likeness (QED) is 0.403. The van der Waals surface area contributed by atoms with E-state index in [1.807, 2.05) is 31.2 Å². The van der Waals surface area contributed by atoms with Gasteiger partial charge < -0.3 is 10.4 Å². The molecule has 1 aromatic heterocycles. The van der Waals surface area contributed by atoms with Crippen molar-refractivity contribution < 1.29 is 18.3 Å². The molecule has 2 N–H and O–H groups in total. The van der Waals surface area contributed by atoms with Gasteiger partial charge in [0.2, 0.25) is 0 Å². The molecule has 7 nitrogen and oxygen atoms in total. The summed E-state index contributed by atoms with van der Waals surface area (Å²) in [5.74, 6) is -0.203. The van der Waals surface area contributed by atoms with Gasteiger partial charge in [0.25, 0.3) is 5.91 Å². The maximum absolute atomic E-state index is 13.1. The van der Waals surface area contributed by atoms with Crippen LogP contribution >= 0.6 is 0 Å². The number of aryl methyl sites for hydroxylation is 3. The number of aromatic hydroxyl groups is 1. The molecule has 0 atom stereocenters. The predicted octanol–water partition coefficient (Wildman–Crippen LogP) is 4.83. The third kappa shape index (κ3) is 4.72. The Morgan fingerprint density at radius 1 is 0.912 bits per heavy atom. The Bertz CT molecular complexity index is 1460. The van der Waals surface area contributed by atoms with Gasteiger partial charge in [0.1, 0.15) is 5.75 Å². The van der Waals surface area contributed by atoms with Crippen LogP contribution in [-0.4, -0.2) is 35.5 Å². The summed E-state index contributed by atoms with van der Waals surface area (Å²) in [6, 6.07) is 19.3. The van der Waals surface area contributed by atoms with E-state index in [9.17, 15) is 18.3 Å². The van der Waals surface area contributed by atoms with Gasteiger partial charge in [-0.1, -0.05) is 29.8 Å². The van der Waals surface area contributed by atoms with Crippen LogP contribution in [0.3, 0.4) is 0 Å². The summed E-state index contributed by atoms with van der Waals surface area (Å²) in [4.78, 5) is 13.3. The fourth-order valence-electron chi connectivity index (χ4n) is 3.68. The number of benzene rings is 3. The van der Waals surface area contributed by atoms with E-state index in [4.69, 9.17) is 0 Å². The number of rotatable bonds is 5. The molecule has 0 aliphatic heterocycles. The van der Waals surface area contributed by atoms with Crippen molar-refractivity contribution in [3.63, 3.8) is 0 Å². The molecule has 34 heavy (non-hydrogen) atoms. The standard InChI is InChI=1S/C26H25N3O4S/c1-16-5-7-19(8-6-16)24-15-23(26(31)27-20-13-17(2)25(30)18(3)14-20)28-29(24)21-9-11-22(12-10-21)34(4,32)33/h5-15,30H,1-4H3,(H,27,31). The fraction of sp³-hybridized carbons (Fsp3) is 0.154. The molecule has 174 valence electrons. The number of amides is 1. The van der Waals surface area contributed by atoms with Crippen molar-refractivity contribution in [1.82, 2.24) is 9.78 Å². The number of hydrogen-bond acceptors (Lipinski definition) is 5. The Morgan fingerprint density at radius 3 is 2.06 bits per heavy atom. The van der Waals surface area contributed by atoms with Crippen LogP contribution in [-0.2, 0) is 9.84 Å². The molecule has 0 fully saturated rings. The number of anilines is 1. The van der Waals surface area contributed by atoms with Crippen LogP contribution in [0.25, 0.3) is 16.9 Å². The Labute approximate surface area is 198 Å². The molecule has 0 spiro atoms. The van der Waals surface area contributed by atoms with Crippen molar-refractivity contribution in [3.05, 3.63) is 89.1 Å². The summed E-state index contributed by atoms with van der Waals surface area (Å²) in [7, 11) is -3.33. The minimum absolute atomic E-state index is 0.196. The van der Waals surface area contributed by atoms with E-state index >= 15 is 0 Å². The van der Waals surface area contributed by atoms with Crippen LogP contribution in [0.5, 0.6) is 5.75 Å². The Balaban J connectivity index is 1.76. The summed E-state index contributed by atoms with van der Waals surface area (Å²) in [5.41, 5.74) is 5.35. The van der Waals surface area contributed by atoms with Gasteiger partial charge in [-0.3, -0.25) is 4.79 Å². The van der Waals surface area contributed by atoms with Crippen molar-refractivity contribution in [2.45, 2.75) is 25.7 Å². The lowest BCUT2D eigenvalue weighted by atomic mass is 10.1. The molecular weight excluding hydrogens is 450 g/mol. The van der Waals surface area contributed by atoms with Gasteiger partial charge in [-0.25, -0.2) is 13.1 Å². The second-order valence-electron chi connectivity index (χ2n) is 8.37. The average molecular weight is 476 g/mol. The SMILES string of the molecule is Cc1ccc(-c2cc(C(=O)Nc3cc(C)c(O)c(C)c3)nn2-c2ccc(S(C)(=O)=O)cc2)cc1. The molecule has 1 heterocycles. The van der Waals surface area contributed by atoms with Crippen LogP contribution in [0.15, 0.2) is 71.6 Å². The summed E-state index contributed by atoms with van der Waals surface area (Å²) in [6.07, 6.45) is 1.16. The van der Waals surface area contributed by atoms with Crippen molar-refractivity contribution in [2.75, 3.05) is 11.6 Å². The number of phenols is 1. The van der Waals surface area contributed by atoms with Crippen molar-refractivity contribution >= 4 is 21.4 Å². The number of nitrogens with zero attached hydrogens (tertiary/aromatic N) is 2. The summed E-state index contributed by atoms with van der Waals surface area (Å²) >= 11 is 0. The summed E-state index contributed by atoms with van der Waals surface area (Å²) in [6.45, 7) is 5.52. The molecular formula is C26H25N3O4S. The fourth-order valence-corrected chi connectivity index (χ4v) is 4.31. The Kier molecular flexibility index (Phi) is 6.01. The zero-order valence-electron chi connectivity index (χ0n) is 19.3. The molecule has 0 saturated carbocycles. The van der Waals surface area contributed by atoms with Gasteiger partial charge in [-0.05, 0) is 74.4 Å². The van der Waals surface area contributed by atoms with Gasteiger partial charge in [-0.2, -0.15) is 5.10 Å². The first-order valence-electron chi connectivity index (χ1n) is 10.6. The molecule has 0 saturated heterocycles. The monoisotopic (exact) mass is 475 g/mol. The molecule has 3 aromatic carbocycles. The predicted molar refractivity (Wildman–Crippen MR) is 132 cm³/mol. The summed E-state index contributed by atoms with van der Waals surface area (Å²) < 4.78 is 25.3. The highest BCUT2D eigenvalue weighted by atomic mass is 32.2. The Morgan fingerprint density at radius 2 is 1.50 bits per heavy atom. The number of hydrogen-bond donors (Lipinski definition) is 2. The molecule has 8 heteroatoms. The number of sulfone groups is 1. The van der Waals surface area contributed by atoms with Gasteiger partial charge in [-0.15, -0.1) is 0 Å². The van der Waals surface area contributed by atoms with Crippen molar-refractivity contribution in [1.29, 1.82) is 0 Å². The second-order valence-corrected chi connectivity index (χ2v) is 10.4. The van der Waals surface area contributed by atoms with Crippen LogP contribution < -0.4 is 5.32 Å². The lowest BCUT2D eigenvalue weighted by Crippen LogP contribution is -2.13. The Hall–Kier alpha value is -3.91. The minimum Gasteiger partial charge on any atom is -0.507 e. The largest absolute Gasteiger partial charge is 0.507 e. The maximum atomic E-state index is 13.1. The first kappa shape index (κ1) is 23.3. The summed E-state index contributed by atoms with van der Waals surface area (Å²) in [5, 5.41) is 17.4. The van der Waals surface area contributed by atoms with Gasteiger partial charge >= 0.3 is 0 Å². The highest BCUT2D eigenvalue weighted by Crippen LogP contribution is 2.28. The minimum atomic E-state index is -3.33. The highest BCUT2D eigenvalue weighted by Gasteiger charge is 2.18. The number of carbonyl (C=O) groups excluding carboxylic acids is 1. The van der Waals surface area contributed by atoms with Crippen LogP contribution in [0.2, 0.25) is 0 Å². The van der Waals surface area contributed by atoms with Crippen LogP contribution in [0, 0.1) is 20.8 Å². The van der Waals surface area contributed by atoms with E-state index in [-0.39, 0.29) is 16.3 Å². The maximum Gasteiger partial charge on any atom is 0.276 e. The van der Waals surface area contributed by atoms with Gasteiger partial charge in [0.05, 0.1) is 16.3 Å². The molecule has 4 aromatic rings. The third-order valence-electron chi connectivity index (χ3n) is 5.55. The first-order chi connectivity index (χ1) is 16.0. The smallest absolute Gasteiger partial charge is 0.276 e. The van der Waals surface area contributed by atoms with Crippen molar-refractivity contribution in [2.24, 2.45) is 0 Å². The average Bonchev–Trinajstić information content (AvgIpc) is 3.23. The van der Waals surface area contributed by atoms with E-state index < -0.39 is 15.7 Å². The molecule has 0 unspecified atom stereocenters. The first-order valence-corrected chi connectivity index (χ1v) is 12.5. The van der Waals surface area contributed by atoms with E-state index in [1.165, 1.54) is 12.1 Å². The second kappa shape index (κ2) is 8.79. The number of carbonyl (C=O) groups is 1. The molecule has 0 aliphatic carbocycles. The van der Waals surface area contributed by atoms with Crippen LogP contribution in [0.4, 0.5) is 5.69 Å². The van der Waals surface area contributed by atoms with E-state index in [0.717, 1.165) is 17.4 Å². The van der Waals surface area contributed by atoms with E-state index in [2.05, 4.69) is 10.4 Å². The van der Waals surface area contributed by atoms with Crippen molar-refractivity contribution in [3.8, 4) is 22.7 Å². The third-order valence-corrected chi connectivity index (χ3v) is 6.68. The number of nitrogens with one attached hydrogen (secondary N) is 1. The molecule has 0 radical (unpaired) electrons. The normalized spacial score (nSPS) is 11.4. The zero-order valence-corrected chi connectivity index (χ0v) is 20.1. The van der Waals surface area contributed by atoms with Crippen LogP contribution in [0.1, 0.15) is 27.2 Å². The molecule has 0 aliphatic rings.